The molecule has 0 radical (unpaired) electrons. The standard InChI is InChI=1S/C21H22N2O5/c24-19(16-28-20-9-4-8-18(12-20)23(25)26)14-22(15-21-10-5-11-27-21)13-17-6-2-1-3-7-17/h1-12,19,24H,13-16H2. The first-order chi connectivity index (χ1) is 13.6. The van der Waals surface area contributed by atoms with Crippen molar-refractivity contribution < 1.29 is 19.2 Å². The van der Waals surface area contributed by atoms with Crippen LogP contribution in [0, 0.1) is 10.1 Å². The average Bonchev–Trinajstić information content (AvgIpc) is 3.20. The summed E-state index contributed by atoms with van der Waals surface area (Å²) in [5.41, 5.74) is 1.08. The molecule has 1 N–H and O–H groups in total. The number of benzene rings is 2. The summed E-state index contributed by atoms with van der Waals surface area (Å²) in [5, 5.41) is 21.3. The van der Waals surface area contributed by atoms with Crippen molar-refractivity contribution in [2.75, 3.05) is 13.2 Å². The van der Waals surface area contributed by atoms with E-state index in [1.807, 2.05) is 42.5 Å². The molecule has 0 amide bonds. The molecule has 28 heavy (non-hydrogen) atoms. The minimum Gasteiger partial charge on any atom is -0.491 e. The van der Waals surface area contributed by atoms with Crippen molar-refractivity contribution in [3.05, 3.63) is 94.4 Å². The SMILES string of the molecule is O=[N+]([O-])c1cccc(OCC(O)CN(Cc2ccccc2)Cc2ccco2)c1. The molecule has 0 aliphatic rings. The van der Waals surface area contributed by atoms with Crippen LogP contribution in [0.1, 0.15) is 11.3 Å². The fourth-order valence-electron chi connectivity index (χ4n) is 2.88. The Balaban J connectivity index is 1.59. The maximum Gasteiger partial charge on any atom is 0.273 e. The molecule has 1 aromatic heterocycles. The molecule has 3 rings (SSSR count). The third-order valence-electron chi connectivity index (χ3n) is 4.15. The molecule has 7 heteroatoms. The summed E-state index contributed by atoms with van der Waals surface area (Å²) in [7, 11) is 0. The van der Waals surface area contributed by atoms with Gasteiger partial charge >= 0.3 is 0 Å². The first-order valence-electron chi connectivity index (χ1n) is 8.94. The van der Waals surface area contributed by atoms with E-state index < -0.39 is 11.0 Å². The minimum atomic E-state index is -0.766. The van der Waals surface area contributed by atoms with E-state index in [2.05, 4.69) is 4.90 Å². The molecule has 0 aliphatic carbocycles. The molecule has 0 fully saturated rings. The van der Waals surface area contributed by atoms with Gasteiger partial charge in [0.25, 0.3) is 5.69 Å². The monoisotopic (exact) mass is 382 g/mol. The van der Waals surface area contributed by atoms with Crippen LogP contribution in [0.15, 0.2) is 77.4 Å². The quantitative estimate of drug-likeness (QED) is 0.425. The predicted molar refractivity (Wildman–Crippen MR) is 104 cm³/mol. The summed E-state index contributed by atoms with van der Waals surface area (Å²) in [6.07, 6.45) is 0.857. The molecule has 1 unspecified atom stereocenters. The Hall–Kier alpha value is -3.16. The molecule has 3 aromatic rings. The third kappa shape index (κ3) is 5.94. The smallest absolute Gasteiger partial charge is 0.273 e. The molecule has 146 valence electrons. The number of non-ortho nitro benzene ring substituents is 1. The molecule has 0 saturated heterocycles. The highest BCUT2D eigenvalue weighted by Crippen LogP contribution is 2.19. The Labute approximate surface area is 162 Å². The maximum atomic E-state index is 10.8. The number of nitrogens with zero attached hydrogens (tertiary/aromatic N) is 2. The molecule has 7 nitrogen and oxygen atoms in total. The van der Waals surface area contributed by atoms with Gasteiger partial charge in [0.15, 0.2) is 0 Å². The number of nitro benzene ring substituents is 1. The molecule has 0 aliphatic heterocycles. The lowest BCUT2D eigenvalue weighted by Gasteiger charge is -2.24. The number of hydrogen-bond acceptors (Lipinski definition) is 6. The van der Waals surface area contributed by atoms with Crippen LogP contribution in [0.5, 0.6) is 5.75 Å². The predicted octanol–water partition coefficient (Wildman–Crippen LogP) is 3.63. The van der Waals surface area contributed by atoms with E-state index in [0.29, 0.717) is 25.4 Å². The van der Waals surface area contributed by atoms with Crippen LogP contribution >= 0.6 is 0 Å². The van der Waals surface area contributed by atoms with E-state index in [1.165, 1.54) is 12.1 Å². The van der Waals surface area contributed by atoms with Gasteiger partial charge in [-0.05, 0) is 23.8 Å². The van der Waals surface area contributed by atoms with E-state index in [4.69, 9.17) is 9.15 Å². The zero-order valence-electron chi connectivity index (χ0n) is 15.3. The second-order valence-electron chi connectivity index (χ2n) is 6.45. The number of nitro groups is 1. The summed E-state index contributed by atoms with van der Waals surface area (Å²) < 4.78 is 11.0. The van der Waals surface area contributed by atoms with E-state index in [1.54, 1.807) is 18.4 Å². The fourth-order valence-corrected chi connectivity index (χ4v) is 2.88. The van der Waals surface area contributed by atoms with Crippen molar-refractivity contribution in [3.8, 4) is 5.75 Å². The molecule has 0 bridgehead atoms. The van der Waals surface area contributed by atoms with Crippen LogP contribution in [0.4, 0.5) is 5.69 Å². The Bertz CT molecular complexity index is 868. The molecule has 0 spiro atoms. The molecule has 1 atom stereocenters. The first kappa shape index (κ1) is 19.6. The fraction of sp³-hybridized carbons (Fsp3) is 0.238. The number of aliphatic hydroxyl groups is 1. The van der Waals surface area contributed by atoms with E-state index in [9.17, 15) is 15.2 Å². The van der Waals surface area contributed by atoms with Gasteiger partial charge in [0, 0.05) is 19.2 Å². The molecule has 1 heterocycles. The highest BCUT2D eigenvalue weighted by atomic mass is 16.6. The van der Waals surface area contributed by atoms with Gasteiger partial charge in [-0.1, -0.05) is 36.4 Å². The van der Waals surface area contributed by atoms with Crippen molar-refractivity contribution in [2.24, 2.45) is 0 Å². The second kappa shape index (κ2) is 9.68. The Morgan fingerprint density at radius 3 is 2.61 bits per heavy atom. The van der Waals surface area contributed by atoms with Gasteiger partial charge in [-0.2, -0.15) is 0 Å². The lowest BCUT2D eigenvalue weighted by Crippen LogP contribution is -2.35. The van der Waals surface area contributed by atoms with Gasteiger partial charge in [0.1, 0.15) is 24.2 Å². The van der Waals surface area contributed by atoms with Crippen LogP contribution < -0.4 is 4.74 Å². The molecular formula is C21H22N2O5. The number of ether oxygens (including phenoxy) is 1. The Kier molecular flexibility index (Phi) is 6.78. The number of rotatable bonds is 10. The van der Waals surface area contributed by atoms with Crippen LogP contribution in [0.2, 0.25) is 0 Å². The largest absolute Gasteiger partial charge is 0.491 e. The lowest BCUT2D eigenvalue weighted by atomic mass is 10.2. The van der Waals surface area contributed by atoms with Crippen LogP contribution in [0.3, 0.4) is 0 Å². The van der Waals surface area contributed by atoms with Gasteiger partial charge in [0.2, 0.25) is 0 Å². The van der Waals surface area contributed by atoms with Gasteiger partial charge in [-0.15, -0.1) is 0 Å². The van der Waals surface area contributed by atoms with Crippen LogP contribution in [0.25, 0.3) is 0 Å². The van der Waals surface area contributed by atoms with Gasteiger partial charge in [0.05, 0.1) is 23.8 Å². The highest BCUT2D eigenvalue weighted by molar-refractivity contribution is 5.37. The summed E-state index contributed by atoms with van der Waals surface area (Å²) in [6, 6.07) is 19.6. The summed E-state index contributed by atoms with van der Waals surface area (Å²) >= 11 is 0. The topological polar surface area (TPSA) is 89.0 Å². The summed E-state index contributed by atoms with van der Waals surface area (Å²) in [4.78, 5) is 12.4. The average molecular weight is 382 g/mol. The zero-order valence-corrected chi connectivity index (χ0v) is 15.3. The van der Waals surface area contributed by atoms with Crippen molar-refractivity contribution >= 4 is 5.69 Å². The van der Waals surface area contributed by atoms with E-state index >= 15 is 0 Å². The number of furan rings is 1. The lowest BCUT2D eigenvalue weighted by molar-refractivity contribution is -0.384. The van der Waals surface area contributed by atoms with Crippen LogP contribution in [-0.2, 0) is 13.1 Å². The summed E-state index contributed by atoms with van der Waals surface area (Å²) in [5.74, 6) is 1.16. The van der Waals surface area contributed by atoms with E-state index in [0.717, 1.165) is 11.3 Å². The van der Waals surface area contributed by atoms with Crippen LogP contribution in [-0.4, -0.2) is 34.2 Å². The Morgan fingerprint density at radius 1 is 1.07 bits per heavy atom. The molecule has 0 saturated carbocycles. The second-order valence-corrected chi connectivity index (χ2v) is 6.45. The van der Waals surface area contributed by atoms with Crippen molar-refractivity contribution in [1.82, 2.24) is 4.90 Å². The van der Waals surface area contributed by atoms with Gasteiger partial charge < -0.3 is 14.3 Å². The van der Waals surface area contributed by atoms with Gasteiger partial charge in [-0.3, -0.25) is 15.0 Å². The third-order valence-corrected chi connectivity index (χ3v) is 4.15. The van der Waals surface area contributed by atoms with Crippen molar-refractivity contribution in [2.45, 2.75) is 19.2 Å². The minimum absolute atomic E-state index is 0.0324. The molecule has 2 aromatic carbocycles. The van der Waals surface area contributed by atoms with Crippen molar-refractivity contribution in [1.29, 1.82) is 0 Å². The number of hydrogen-bond donors (Lipinski definition) is 1. The maximum absolute atomic E-state index is 10.8. The van der Waals surface area contributed by atoms with E-state index in [-0.39, 0.29) is 12.3 Å². The number of aliphatic hydroxyl groups excluding tert-OH is 1. The highest BCUT2D eigenvalue weighted by Gasteiger charge is 2.15. The first-order valence-corrected chi connectivity index (χ1v) is 8.94. The normalized spacial score (nSPS) is 12.1. The van der Waals surface area contributed by atoms with Gasteiger partial charge in [-0.25, -0.2) is 0 Å². The summed E-state index contributed by atoms with van der Waals surface area (Å²) in [6.45, 7) is 1.60. The van der Waals surface area contributed by atoms with Crippen molar-refractivity contribution in [3.63, 3.8) is 0 Å². The Morgan fingerprint density at radius 2 is 1.89 bits per heavy atom. The molecular weight excluding hydrogens is 360 g/mol. The zero-order chi connectivity index (χ0) is 19.8.